The van der Waals surface area contributed by atoms with Crippen molar-refractivity contribution in [2.45, 2.75) is 13.5 Å². The van der Waals surface area contributed by atoms with Crippen molar-refractivity contribution in [2.24, 2.45) is 0 Å². The molecule has 0 saturated heterocycles. The molecule has 4 heteroatoms. The number of furan rings is 1. The van der Waals surface area contributed by atoms with Crippen molar-refractivity contribution in [1.29, 1.82) is 0 Å². The Bertz CT molecular complexity index is 641. The molecule has 3 aromatic rings. The Balaban J connectivity index is 1.83. The maximum Gasteiger partial charge on any atom is 0.123 e. The molecule has 3 heterocycles. The van der Waals surface area contributed by atoms with Crippen molar-refractivity contribution < 1.29 is 4.42 Å². The summed E-state index contributed by atoms with van der Waals surface area (Å²) >= 11 is 1.70. The number of aromatic nitrogens is 1. The lowest BCUT2D eigenvalue weighted by atomic mass is 10.3. The van der Waals surface area contributed by atoms with E-state index in [1.807, 2.05) is 31.3 Å². The molecule has 1 N–H and O–H groups in total. The molecule has 0 aliphatic rings. The first-order valence-corrected chi connectivity index (χ1v) is 6.31. The summed E-state index contributed by atoms with van der Waals surface area (Å²) in [5.74, 6) is 0.948. The van der Waals surface area contributed by atoms with Gasteiger partial charge in [-0.1, -0.05) is 0 Å². The van der Waals surface area contributed by atoms with Crippen molar-refractivity contribution in [3.63, 3.8) is 0 Å². The summed E-state index contributed by atoms with van der Waals surface area (Å²) < 4.78 is 6.60. The van der Waals surface area contributed by atoms with Gasteiger partial charge in [-0.15, -0.1) is 11.3 Å². The molecular weight excluding hydrogens is 232 g/mol. The Kier molecular flexibility index (Phi) is 2.57. The number of hydrogen-bond donors (Lipinski definition) is 1. The molecule has 0 atom stereocenters. The van der Waals surface area contributed by atoms with Crippen LogP contribution in [-0.2, 0) is 6.54 Å². The number of fused-ring (bicyclic) bond motifs is 1. The third-order valence-electron chi connectivity index (χ3n) is 2.58. The van der Waals surface area contributed by atoms with Crippen molar-refractivity contribution in [1.82, 2.24) is 4.98 Å². The monoisotopic (exact) mass is 244 g/mol. The lowest BCUT2D eigenvalue weighted by molar-refractivity contribution is 0.517. The Hall–Kier alpha value is -1.81. The summed E-state index contributed by atoms with van der Waals surface area (Å²) in [5, 5.41) is 5.44. The van der Waals surface area contributed by atoms with Crippen LogP contribution in [0.5, 0.6) is 0 Å². The van der Waals surface area contributed by atoms with Gasteiger partial charge < -0.3 is 9.73 Å². The number of pyridine rings is 1. The van der Waals surface area contributed by atoms with Gasteiger partial charge in [-0.2, -0.15) is 0 Å². The van der Waals surface area contributed by atoms with Crippen LogP contribution in [0.25, 0.3) is 10.2 Å². The van der Waals surface area contributed by atoms with E-state index in [9.17, 15) is 0 Å². The maximum absolute atomic E-state index is 5.40. The summed E-state index contributed by atoms with van der Waals surface area (Å²) in [6.45, 7) is 2.72. The van der Waals surface area contributed by atoms with E-state index in [4.69, 9.17) is 4.42 Å². The molecule has 0 spiro atoms. The Morgan fingerprint density at radius 2 is 2.35 bits per heavy atom. The lowest BCUT2D eigenvalue weighted by Crippen LogP contribution is -1.98. The normalized spacial score (nSPS) is 10.9. The average Bonchev–Trinajstić information content (AvgIpc) is 2.94. The maximum atomic E-state index is 5.40. The highest BCUT2D eigenvalue weighted by atomic mass is 32.1. The molecule has 0 radical (unpaired) electrons. The van der Waals surface area contributed by atoms with Crippen molar-refractivity contribution in [3.05, 3.63) is 47.4 Å². The van der Waals surface area contributed by atoms with Gasteiger partial charge in [0.2, 0.25) is 0 Å². The van der Waals surface area contributed by atoms with Crippen LogP contribution in [0.2, 0.25) is 0 Å². The van der Waals surface area contributed by atoms with E-state index in [1.54, 1.807) is 17.6 Å². The Labute approximate surface area is 103 Å². The van der Waals surface area contributed by atoms with Crippen LogP contribution in [-0.4, -0.2) is 4.98 Å². The fourth-order valence-corrected chi connectivity index (χ4v) is 2.62. The van der Waals surface area contributed by atoms with Crippen LogP contribution in [0.1, 0.15) is 11.3 Å². The van der Waals surface area contributed by atoms with Gasteiger partial charge in [0, 0.05) is 6.20 Å². The number of thiophene rings is 1. The van der Waals surface area contributed by atoms with Crippen molar-refractivity contribution in [3.8, 4) is 0 Å². The zero-order chi connectivity index (χ0) is 11.7. The molecule has 0 amide bonds. The van der Waals surface area contributed by atoms with E-state index in [1.165, 1.54) is 4.70 Å². The van der Waals surface area contributed by atoms with Gasteiger partial charge in [0.25, 0.3) is 0 Å². The second-order valence-corrected chi connectivity index (χ2v) is 4.85. The number of nitrogens with zero attached hydrogens (tertiary/aromatic N) is 1. The minimum atomic E-state index is 0.699. The molecule has 0 aliphatic carbocycles. The van der Waals surface area contributed by atoms with Gasteiger partial charge in [0.1, 0.15) is 5.76 Å². The zero-order valence-electron chi connectivity index (χ0n) is 9.43. The van der Waals surface area contributed by atoms with E-state index >= 15 is 0 Å². The highest BCUT2D eigenvalue weighted by molar-refractivity contribution is 7.17. The first-order valence-electron chi connectivity index (χ1n) is 5.43. The molecule has 3 nitrogen and oxygen atoms in total. The molecule has 17 heavy (non-hydrogen) atoms. The standard InChI is InChI=1S/C13H12N2OS/c1-9-6-10(16-8-9)7-15-11-2-4-14-12-3-5-17-13(11)12/h2-6,8H,7H2,1H3,(H,14,15). The molecule has 0 aromatic carbocycles. The van der Waals surface area contributed by atoms with Gasteiger partial charge in [-0.3, -0.25) is 4.98 Å². The predicted octanol–water partition coefficient (Wildman–Crippen LogP) is 3.81. The summed E-state index contributed by atoms with van der Waals surface area (Å²) in [7, 11) is 0. The quantitative estimate of drug-likeness (QED) is 0.761. The lowest BCUT2D eigenvalue weighted by Gasteiger charge is -2.04. The number of rotatable bonds is 3. The Morgan fingerprint density at radius 1 is 1.41 bits per heavy atom. The molecule has 3 aromatic heterocycles. The fourth-order valence-electron chi connectivity index (χ4n) is 1.78. The molecule has 0 fully saturated rings. The molecule has 86 valence electrons. The summed E-state index contributed by atoms with van der Waals surface area (Å²) in [6, 6.07) is 6.07. The topological polar surface area (TPSA) is 38.1 Å². The molecule has 3 rings (SSSR count). The molecule has 0 aliphatic heterocycles. The third-order valence-corrected chi connectivity index (χ3v) is 3.52. The number of nitrogens with one attached hydrogen (secondary N) is 1. The van der Waals surface area contributed by atoms with Crippen LogP contribution in [0.3, 0.4) is 0 Å². The summed E-state index contributed by atoms with van der Waals surface area (Å²) in [5.41, 5.74) is 3.30. The average molecular weight is 244 g/mol. The minimum absolute atomic E-state index is 0.699. The Morgan fingerprint density at radius 3 is 3.18 bits per heavy atom. The van der Waals surface area contributed by atoms with Crippen LogP contribution in [0.15, 0.2) is 40.5 Å². The number of anilines is 1. The fraction of sp³-hybridized carbons (Fsp3) is 0.154. The first-order chi connectivity index (χ1) is 8.33. The van der Waals surface area contributed by atoms with E-state index in [0.29, 0.717) is 6.54 Å². The van der Waals surface area contributed by atoms with Crippen molar-refractivity contribution >= 4 is 27.2 Å². The van der Waals surface area contributed by atoms with Gasteiger partial charge in [0.15, 0.2) is 0 Å². The van der Waals surface area contributed by atoms with Crippen LogP contribution >= 0.6 is 11.3 Å². The SMILES string of the molecule is Cc1coc(CNc2ccnc3ccsc23)c1. The van der Waals surface area contributed by atoms with Gasteiger partial charge in [-0.05, 0) is 36.1 Å². The van der Waals surface area contributed by atoms with Gasteiger partial charge in [0.05, 0.1) is 28.7 Å². The minimum Gasteiger partial charge on any atom is -0.467 e. The van der Waals surface area contributed by atoms with E-state index < -0.39 is 0 Å². The van der Waals surface area contributed by atoms with E-state index in [2.05, 4.69) is 15.7 Å². The molecule has 0 saturated carbocycles. The zero-order valence-corrected chi connectivity index (χ0v) is 10.3. The highest BCUT2D eigenvalue weighted by Crippen LogP contribution is 2.27. The summed E-state index contributed by atoms with van der Waals surface area (Å²) in [4.78, 5) is 4.31. The second-order valence-electron chi connectivity index (χ2n) is 3.94. The van der Waals surface area contributed by atoms with Crippen LogP contribution in [0, 0.1) is 6.92 Å². The first kappa shape index (κ1) is 10.4. The predicted molar refractivity (Wildman–Crippen MR) is 70.4 cm³/mol. The van der Waals surface area contributed by atoms with Crippen LogP contribution in [0.4, 0.5) is 5.69 Å². The molecule has 0 bridgehead atoms. The van der Waals surface area contributed by atoms with Gasteiger partial charge >= 0.3 is 0 Å². The van der Waals surface area contributed by atoms with Crippen molar-refractivity contribution in [2.75, 3.05) is 5.32 Å². The highest BCUT2D eigenvalue weighted by Gasteiger charge is 2.04. The molecular formula is C13H12N2OS. The second kappa shape index (κ2) is 4.22. The smallest absolute Gasteiger partial charge is 0.123 e. The molecule has 0 unspecified atom stereocenters. The number of aryl methyl sites for hydroxylation is 1. The summed E-state index contributed by atoms with van der Waals surface area (Å²) in [6.07, 6.45) is 3.59. The number of hydrogen-bond acceptors (Lipinski definition) is 4. The van der Waals surface area contributed by atoms with E-state index in [0.717, 1.165) is 22.5 Å². The van der Waals surface area contributed by atoms with E-state index in [-0.39, 0.29) is 0 Å². The third kappa shape index (κ3) is 2.03. The van der Waals surface area contributed by atoms with Crippen LogP contribution < -0.4 is 5.32 Å². The van der Waals surface area contributed by atoms with Gasteiger partial charge in [-0.25, -0.2) is 0 Å². The largest absolute Gasteiger partial charge is 0.467 e.